The van der Waals surface area contributed by atoms with Crippen molar-refractivity contribution in [3.05, 3.63) is 77.6 Å². The average Bonchev–Trinajstić information content (AvgIpc) is 2.78. The monoisotopic (exact) mass is 403 g/mol. The Kier molecular flexibility index (Phi) is 5.70. The van der Waals surface area contributed by atoms with Gasteiger partial charge in [-0.05, 0) is 42.2 Å². The van der Waals surface area contributed by atoms with Crippen LogP contribution in [0.2, 0.25) is 0 Å². The lowest BCUT2D eigenvalue weighted by molar-refractivity contribution is -0.118. The lowest BCUT2D eigenvalue weighted by Gasteiger charge is -2.23. The summed E-state index contributed by atoms with van der Waals surface area (Å²) in [4.78, 5) is 33.3. The van der Waals surface area contributed by atoms with Crippen LogP contribution >= 0.6 is 0 Å². The van der Waals surface area contributed by atoms with Crippen LogP contribution in [0.15, 0.2) is 60.8 Å². The van der Waals surface area contributed by atoms with Crippen LogP contribution in [0.4, 0.5) is 5.95 Å². The lowest BCUT2D eigenvalue weighted by atomic mass is 9.82. The molecule has 1 aliphatic carbocycles. The Hall–Kier alpha value is -3.74. The highest BCUT2D eigenvalue weighted by atomic mass is 16.5. The minimum absolute atomic E-state index is 0.00218. The molecular weight excluding hydrogens is 382 g/mol. The normalized spacial score (nSPS) is 15.2. The fourth-order valence-electron chi connectivity index (χ4n) is 3.44. The summed E-state index contributed by atoms with van der Waals surface area (Å²) in [5, 5.41) is 2.63. The molecule has 1 aliphatic rings. The van der Waals surface area contributed by atoms with Gasteiger partial charge in [-0.25, -0.2) is 9.97 Å². The summed E-state index contributed by atoms with van der Waals surface area (Å²) in [6, 6.07) is 16.8. The molecule has 1 N–H and O–H groups in total. The Morgan fingerprint density at radius 1 is 1.07 bits per heavy atom. The number of Topliss-reactive ketones (excluding diaryl/α,β-unsaturated/α-hetero) is 1. The third kappa shape index (κ3) is 4.46. The average molecular weight is 403 g/mol. The topological polar surface area (TPSA) is 90.4 Å². The number of ether oxygens (including phenoxy) is 2. The molecule has 0 spiro atoms. The van der Waals surface area contributed by atoms with Gasteiger partial charge >= 0.3 is 0 Å². The first-order chi connectivity index (χ1) is 14.6. The van der Waals surface area contributed by atoms with Crippen LogP contribution in [0.3, 0.4) is 0 Å². The molecule has 3 aromatic rings. The van der Waals surface area contributed by atoms with Crippen LogP contribution in [0.5, 0.6) is 11.5 Å². The maximum atomic E-state index is 12.6. The van der Waals surface area contributed by atoms with Crippen molar-refractivity contribution in [1.29, 1.82) is 0 Å². The maximum absolute atomic E-state index is 12.6. The van der Waals surface area contributed by atoms with E-state index in [9.17, 15) is 9.59 Å². The lowest BCUT2D eigenvalue weighted by Crippen LogP contribution is -2.24. The van der Waals surface area contributed by atoms with Gasteiger partial charge in [0.05, 0.1) is 18.4 Å². The van der Waals surface area contributed by atoms with E-state index in [4.69, 9.17) is 9.47 Å². The molecule has 30 heavy (non-hydrogen) atoms. The van der Waals surface area contributed by atoms with Gasteiger partial charge in [0, 0.05) is 12.6 Å². The Bertz CT molecular complexity index is 1050. The molecule has 0 saturated heterocycles. The number of methoxy groups -OCH3 is 1. The second-order valence-electron chi connectivity index (χ2n) is 7.01. The third-order valence-electron chi connectivity index (χ3n) is 4.99. The number of anilines is 1. The highest BCUT2D eigenvalue weighted by Crippen LogP contribution is 2.32. The Labute approximate surface area is 174 Å². The minimum Gasteiger partial charge on any atom is -0.497 e. The van der Waals surface area contributed by atoms with E-state index in [2.05, 4.69) is 15.3 Å². The molecule has 1 heterocycles. The van der Waals surface area contributed by atoms with E-state index in [0.29, 0.717) is 29.8 Å². The van der Waals surface area contributed by atoms with Crippen molar-refractivity contribution in [3.63, 3.8) is 0 Å². The van der Waals surface area contributed by atoms with Gasteiger partial charge in [0.1, 0.15) is 11.5 Å². The Morgan fingerprint density at radius 3 is 2.57 bits per heavy atom. The third-order valence-corrected chi connectivity index (χ3v) is 4.99. The van der Waals surface area contributed by atoms with Gasteiger partial charge in [-0.15, -0.1) is 0 Å². The van der Waals surface area contributed by atoms with Crippen molar-refractivity contribution >= 4 is 17.6 Å². The number of carbonyl (C=O) groups excluding carboxylic acids is 2. The van der Waals surface area contributed by atoms with E-state index in [-0.39, 0.29) is 30.2 Å². The summed E-state index contributed by atoms with van der Waals surface area (Å²) < 4.78 is 10.6. The minimum atomic E-state index is -0.368. The van der Waals surface area contributed by atoms with Crippen molar-refractivity contribution in [3.8, 4) is 11.5 Å². The largest absolute Gasteiger partial charge is 0.497 e. The summed E-state index contributed by atoms with van der Waals surface area (Å²) >= 11 is 0. The first kappa shape index (κ1) is 19.6. The van der Waals surface area contributed by atoms with E-state index >= 15 is 0 Å². The zero-order valence-corrected chi connectivity index (χ0v) is 16.5. The maximum Gasteiger partial charge on any atom is 0.264 e. The number of para-hydroxylation sites is 1. The SMILES string of the molecule is COc1ccc(C2CC(=O)c3cnc(NC(=O)COc4ccccc4)nc3C2)cc1. The Balaban J connectivity index is 1.44. The molecular formula is C23H21N3O4. The summed E-state index contributed by atoms with van der Waals surface area (Å²) in [7, 11) is 1.62. The molecule has 0 saturated carbocycles. The van der Waals surface area contributed by atoms with Gasteiger partial charge in [-0.3, -0.25) is 14.9 Å². The number of carbonyl (C=O) groups is 2. The molecule has 4 rings (SSSR count). The predicted molar refractivity (Wildman–Crippen MR) is 111 cm³/mol. The van der Waals surface area contributed by atoms with Crippen LogP contribution < -0.4 is 14.8 Å². The van der Waals surface area contributed by atoms with Crippen molar-refractivity contribution in [2.75, 3.05) is 19.0 Å². The van der Waals surface area contributed by atoms with Crippen LogP contribution in [0.1, 0.15) is 34.0 Å². The standard InChI is InChI=1S/C23H21N3O4/c1-29-17-9-7-15(8-10-17)16-11-20-19(21(27)12-16)13-24-23(25-20)26-22(28)14-30-18-5-3-2-4-6-18/h2-10,13,16H,11-12,14H2,1H3,(H,24,25,26,28). The second kappa shape index (κ2) is 8.73. The van der Waals surface area contributed by atoms with E-state index in [1.807, 2.05) is 42.5 Å². The number of rotatable bonds is 6. The number of nitrogens with zero attached hydrogens (tertiary/aromatic N) is 2. The molecule has 2 aromatic carbocycles. The molecule has 0 radical (unpaired) electrons. The number of benzene rings is 2. The highest BCUT2D eigenvalue weighted by Gasteiger charge is 2.28. The van der Waals surface area contributed by atoms with Gasteiger partial charge in [-0.1, -0.05) is 30.3 Å². The van der Waals surface area contributed by atoms with Crippen LogP contribution in [0, 0.1) is 0 Å². The zero-order chi connectivity index (χ0) is 20.9. The first-order valence-corrected chi connectivity index (χ1v) is 9.63. The number of fused-ring (bicyclic) bond motifs is 1. The predicted octanol–water partition coefficient (Wildman–Crippen LogP) is 3.42. The fourth-order valence-corrected chi connectivity index (χ4v) is 3.44. The Morgan fingerprint density at radius 2 is 1.83 bits per heavy atom. The highest BCUT2D eigenvalue weighted by molar-refractivity contribution is 5.99. The molecule has 7 heteroatoms. The molecule has 1 atom stereocenters. The van der Waals surface area contributed by atoms with Gasteiger partial charge < -0.3 is 9.47 Å². The molecule has 0 fully saturated rings. The summed E-state index contributed by atoms with van der Waals surface area (Å²) in [6.45, 7) is -0.155. The van der Waals surface area contributed by atoms with Gasteiger partial charge in [0.15, 0.2) is 12.4 Å². The van der Waals surface area contributed by atoms with E-state index in [0.717, 1.165) is 11.3 Å². The van der Waals surface area contributed by atoms with E-state index in [1.54, 1.807) is 19.2 Å². The molecule has 7 nitrogen and oxygen atoms in total. The molecule has 152 valence electrons. The van der Waals surface area contributed by atoms with Crippen LogP contribution in [-0.4, -0.2) is 35.4 Å². The first-order valence-electron chi connectivity index (χ1n) is 9.63. The molecule has 0 aliphatic heterocycles. The molecule has 1 amide bonds. The summed E-state index contributed by atoms with van der Waals surface area (Å²) in [5.41, 5.74) is 2.20. The van der Waals surface area contributed by atoms with Gasteiger partial charge in [0.2, 0.25) is 5.95 Å². The van der Waals surface area contributed by atoms with Gasteiger partial charge in [-0.2, -0.15) is 0 Å². The van der Waals surface area contributed by atoms with Crippen molar-refractivity contribution in [2.24, 2.45) is 0 Å². The number of aromatic nitrogens is 2. The number of hydrogen-bond donors (Lipinski definition) is 1. The van der Waals surface area contributed by atoms with Crippen LogP contribution in [0.25, 0.3) is 0 Å². The van der Waals surface area contributed by atoms with E-state index in [1.165, 1.54) is 6.20 Å². The fraction of sp³-hybridized carbons (Fsp3) is 0.217. The molecule has 1 aromatic heterocycles. The molecule has 0 bridgehead atoms. The summed E-state index contributed by atoms with van der Waals surface area (Å²) in [5.74, 6) is 1.20. The number of hydrogen-bond acceptors (Lipinski definition) is 6. The van der Waals surface area contributed by atoms with Crippen molar-refractivity contribution in [2.45, 2.75) is 18.8 Å². The van der Waals surface area contributed by atoms with Gasteiger partial charge in [0.25, 0.3) is 5.91 Å². The van der Waals surface area contributed by atoms with Crippen molar-refractivity contribution in [1.82, 2.24) is 9.97 Å². The second-order valence-corrected chi connectivity index (χ2v) is 7.01. The number of ketones is 1. The molecule has 1 unspecified atom stereocenters. The van der Waals surface area contributed by atoms with Crippen LogP contribution in [-0.2, 0) is 11.2 Å². The number of amides is 1. The van der Waals surface area contributed by atoms with Crippen molar-refractivity contribution < 1.29 is 19.1 Å². The zero-order valence-electron chi connectivity index (χ0n) is 16.5. The quantitative estimate of drug-likeness (QED) is 0.678. The van der Waals surface area contributed by atoms with E-state index < -0.39 is 0 Å². The number of nitrogens with one attached hydrogen (secondary N) is 1. The smallest absolute Gasteiger partial charge is 0.264 e. The summed E-state index contributed by atoms with van der Waals surface area (Å²) in [6.07, 6.45) is 2.49.